The zero-order valence-electron chi connectivity index (χ0n) is 19.6. The maximum Gasteiger partial charge on any atom is 0.163 e. The summed E-state index contributed by atoms with van der Waals surface area (Å²) in [6, 6.07) is 14.2. The lowest BCUT2D eigenvalue weighted by atomic mass is 9.98. The van der Waals surface area contributed by atoms with Crippen LogP contribution < -0.4 is 0 Å². The molecule has 1 fully saturated rings. The van der Waals surface area contributed by atoms with Crippen molar-refractivity contribution in [2.75, 3.05) is 6.61 Å². The van der Waals surface area contributed by atoms with Gasteiger partial charge in [-0.15, -0.1) is 0 Å². The molecule has 1 saturated heterocycles. The van der Waals surface area contributed by atoms with Crippen molar-refractivity contribution in [1.82, 2.24) is 4.57 Å². The second kappa shape index (κ2) is 9.99. The van der Waals surface area contributed by atoms with Crippen LogP contribution in [0.3, 0.4) is 0 Å². The first-order valence-corrected chi connectivity index (χ1v) is 12.3. The smallest absolute Gasteiger partial charge is 0.163 e. The molecule has 7 nitrogen and oxygen atoms in total. The van der Waals surface area contributed by atoms with Crippen LogP contribution in [0.1, 0.15) is 37.6 Å². The summed E-state index contributed by atoms with van der Waals surface area (Å²) in [6.07, 6.45) is -2.77. The molecular weight excluding hydrogens is 454 g/mol. The molecule has 4 rings (SSSR count). The fraction of sp³-hybridized carbons (Fsp3) is 0.462. The Balaban J connectivity index is 1.65. The average Bonchev–Trinajstić information content (AvgIpc) is 3.16. The van der Waals surface area contributed by atoms with Crippen LogP contribution in [0.5, 0.6) is 0 Å². The highest BCUT2D eigenvalue weighted by Gasteiger charge is 2.44. The monoisotopic (exact) mass is 487 g/mol. The molecule has 0 saturated carbocycles. The van der Waals surface area contributed by atoms with Crippen LogP contribution in [-0.4, -0.2) is 66.7 Å². The van der Waals surface area contributed by atoms with E-state index in [0.29, 0.717) is 6.42 Å². The highest BCUT2D eigenvalue weighted by molar-refractivity contribution is 7.99. The molecule has 8 heteroatoms. The van der Waals surface area contributed by atoms with Gasteiger partial charge in [0.05, 0.1) is 17.7 Å². The second-order valence-electron chi connectivity index (χ2n) is 9.65. The number of aliphatic hydroxyl groups excluding tert-OH is 4. The quantitative estimate of drug-likeness (QED) is 0.348. The third-order valence-corrected chi connectivity index (χ3v) is 7.39. The largest absolute Gasteiger partial charge is 0.394 e. The Hall–Kier alpha value is -1.91. The van der Waals surface area contributed by atoms with E-state index in [1.807, 2.05) is 45.2 Å². The van der Waals surface area contributed by atoms with Crippen LogP contribution in [0.2, 0.25) is 0 Å². The zero-order chi connectivity index (χ0) is 24.6. The average molecular weight is 488 g/mol. The molecule has 0 spiro atoms. The van der Waals surface area contributed by atoms with Crippen LogP contribution in [0, 0.1) is 6.92 Å². The molecule has 5 N–H and O–H groups in total. The number of aliphatic hydroxyl groups is 5. The first-order chi connectivity index (χ1) is 16.1. The van der Waals surface area contributed by atoms with Crippen molar-refractivity contribution in [3.05, 3.63) is 59.8 Å². The number of benzene rings is 2. The van der Waals surface area contributed by atoms with Gasteiger partial charge in [-0.3, -0.25) is 0 Å². The minimum atomic E-state index is -1.44. The predicted octanol–water partition coefficient (Wildman–Crippen LogP) is 2.78. The van der Waals surface area contributed by atoms with Crippen LogP contribution in [0.4, 0.5) is 0 Å². The van der Waals surface area contributed by atoms with Crippen molar-refractivity contribution >= 4 is 22.7 Å². The third-order valence-electron chi connectivity index (χ3n) is 6.34. The standard InChI is InChI=1S/C26H33NO6S/c1-15-5-4-6-18-20(34-17-9-7-16(8-10-17)11-12-26(2,3)32)13-27(21(15)18)25-24(31)23(30)22(29)19(14-28)33-25/h4-10,13,19,22-25,28-32H,11-12,14H2,1-3H3/t19-,22-,23+,24-,25-/m1/s1. The van der Waals surface area contributed by atoms with Gasteiger partial charge in [0, 0.05) is 21.4 Å². The number of nitrogens with zero attached hydrogens (tertiary/aromatic N) is 1. The molecule has 34 heavy (non-hydrogen) atoms. The molecule has 3 aromatic rings. The number of para-hydroxylation sites is 1. The SMILES string of the molecule is Cc1cccc2c(Sc3ccc(CCC(C)(C)O)cc3)cn([C@@H]3O[C@H](CO)[C@@H](O)[C@H](O)[C@H]3O)c12. The number of hydrogen-bond donors (Lipinski definition) is 5. The Kier molecular flexibility index (Phi) is 7.40. The Morgan fingerprint density at radius 2 is 1.71 bits per heavy atom. The van der Waals surface area contributed by atoms with Gasteiger partial charge in [0.2, 0.25) is 0 Å². The van der Waals surface area contributed by atoms with E-state index in [1.165, 1.54) is 0 Å². The molecule has 1 aliphatic rings. The lowest BCUT2D eigenvalue weighted by Gasteiger charge is -2.40. The van der Waals surface area contributed by atoms with Crippen LogP contribution in [0.25, 0.3) is 10.9 Å². The minimum Gasteiger partial charge on any atom is -0.394 e. The van der Waals surface area contributed by atoms with E-state index in [4.69, 9.17) is 4.74 Å². The Bertz CT molecular complexity index is 1120. The maximum atomic E-state index is 10.7. The first-order valence-electron chi connectivity index (χ1n) is 11.5. The van der Waals surface area contributed by atoms with E-state index in [2.05, 4.69) is 24.3 Å². The first kappa shape index (κ1) is 25.2. The molecule has 0 radical (unpaired) electrons. The summed E-state index contributed by atoms with van der Waals surface area (Å²) >= 11 is 1.58. The van der Waals surface area contributed by atoms with Gasteiger partial charge >= 0.3 is 0 Å². The normalized spacial score (nSPS) is 25.7. The fourth-order valence-corrected chi connectivity index (χ4v) is 5.32. The molecule has 0 unspecified atom stereocenters. The van der Waals surface area contributed by atoms with Gasteiger partial charge in [-0.1, -0.05) is 42.1 Å². The summed E-state index contributed by atoms with van der Waals surface area (Å²) in [7, 11) is 0. The summed E-state index contributed by atoms with van der Waals surface area (Å²) in [5.74, 6) is 0. The number of hydrogen-bond acceptors (Lipinski definition) is 7. The van der Waals surface area contributed by atoms with Gasteiger partial charge in [0.1, 0.15) is 24.4 Å². The molecule has 2 heterocycles. The van der Waals surface area contributed by atoms with Crippen molar-refractivity contribution in [1.29, 1.82) is 0 Å². The number of aromatic nitrogens is 1. The maximum absolute atomic E-state index is 10.7. The number of ether oxygens (including phenoxy) is 1. The predicted molar refractivity (Wildman–Crippen MR) is 131 cm³/mol. The lowest BCUT2D eigenvalue weighted by molar-refractivity contribution is -0.250. The number of rotatable bonds is 7. The van der Waals surface area contributed by atoms with E-state index in [9.17, 15) is 25.5 Å². The van der Waals surface area contributed by atoms with Gasteiger partial charge in [0.15, 0.2) is 6.23 Å². The second-order valence-corrected chi connectivity index (χ2v) is 10.8. The summed E-state index contributed by atoms with van der Waals surface area (Å²) in [4.78, 5) is 2.00. The molecule has 1 aromatic heterocycles. The molecule has 5 atom stereocenters. The summed E-state index contributed by atoms with van der Waals surface area (Å²) < 4.78 is 7.62. The Labute approximate surface area is 203 Å². The summed E-state index contributed by atoms with van der Waals surface area (Å²) in [5.41, 5.74) is 2.29. The Morgan fingerprint density at radius 1 is 1.00 bits per heavy atom. The Morgan fingerprint density at radius 3 is 2.35 bits per heavy atom. The van der Waals surface area contributed by atoms with Crippen LogP contribution in [0.15, 0.2) is 58.5 Å². The molecule has 2 aromatic carbocycles. The topological polar surface area (TPSA) is 115 Å². The van der Waals surface area contributed by atoms with Gasteiger partial charge in [-0.05, 0) is 56.9 Å². The zero-order valence-corrected chi connectivity index (χ0v) is 20.4. The summed E-state index contributed by atoms with van der Waals surface area (Å²) in [6.45, 7) is 5.12. The molecule has 0 bridgehead atoms. The van der Waals surface area contributed by atoms with Crippen molar-refractivity contribution < 1.29 is 30.3 Å². The van der Waals surface area contributed by atoms with Crippen molar-refractivity contribution in [2.24, 2.45) is 0 Å². The molecule has 0 amide bonds. The van der Waals surface area contributed by atoms with Gasteiger partial charge in [0.25, 0.3) is 0 Å². The number of aryl methyl sites for hydroxylation is 2. The molecule has 1 aliphatic heterocycles. The summed E-state index contributed by atoms with van der Waals surface area (Å²) in [5, 5.41) is 51.7. The van der Waals surface area contributed by atoms with Crippen molar-refractivity contribution in [3.63, 3.8) is 0 Å². The number of fused-ring (bicyclic) bond motifs is 1. The van der Waals surface area contributed by atoms with Crippen molar-refractivity contribution in [2.45, 2.75) is 79.6 Å². The van der Waals surface area contributed by atoms with E-state index in [-0.39, 0.29) is 0 Å². The molecule has 0 aliphatic carbocycles. The van der Waals surface area contributed by atoms with E-state index >= 15 is 0 Å². The van der Waals surface area contributed by atoms with Crippen LogP contribution >= 0.6 is 11.8 Å². The van der Waals surface area contributed by atoms with Crippen molar-refractivity contribution in [3.8, 4) is 0 Å². The van der Waals surface area contributed by atoms with E-state index < -0.39 is 42.9 Å². The fourth-order valence-electron chi connectivity index (χ4n) is 4.36. The van der Waals surface area contributed by atoms with E-state index in [1.54, 1.807) is 16.3 Å². The van der Waals surface area contributed by atoms with Crippen LogP contribution in [-0.2, 0) is 11.2 Å². The third kappa shape index (κ3) is 5.18. The van der Waals surface area contributed by atoms with E-state index in [0.717, 1.165) is 38.2 Å². The molecular formula is C26H33NO6S. The van der Waals surface area contributed by atoms with Gasteiger partial charge < -0.3 is 34.8 Å². The van der Waals surface area contributed by atoms with Gasteiger partial charge in [-0.25, -0.2) is 0 Å². The molecule has 184 valence electrons. The highest BCUT2D eigenvalue weighted by atomic mass is 32.2. The minimum absolute atomic E-state index is 0.471. The highest BCUT2D eigenvalue weighted by Crippen LogP contribution is 2.40. The van der Waals surface area contributed by atoms with Gasteiger partial charge in [-0.2, -0.15) is 0 Å². The lowest BCUT2D eigenvalue weighted by Crippen LogP contribution is -2.56.